The lowest BCUT2D eigenvalue weighted by Crippen LogP contribution is -2.12. The van der Waals surface area contributed by atoms with E-state index in [9.17, 15) is 13.2 Å². The predicted octanol–water partition coefficient (Wildman–Crippen LogP) is 2.41. The molecule has 0 spiro atoms. The van der Waals surface area contributed by atoms with E-state index in [-0.39, 0.29) is 22.4 Å². The molecule has 0 aliphatic carbocycles. The van der Waals surface area contributed by atoms with E-state index in [2.05, 4.69) is 15.5 Å². The van der Waals surface area contributed by atoms with Crippen molar-refractivity contribution in [2.75, 3.05) is 25.8 Å². The van der Waals surface area contributed by atoms with Crippen LogP contribution in [0.25, 0.3) is 11.5 Å². The van der Waals surface area contributed by atoms with Gasteiger partial charge in [0.2, 0.25) is 5.89 Å². The number of nitrogens with zero attached hydrogens (tertiary/aromatic N) is 2. The summed E-state index contributed by atoms with van der Waals surface area (Å²) in [6, 6.07) is 10.6. The van der Waals surface area contributed by atoms with E-state index in [4.69, 9.17) is 13.9 Å². The van der Waals surface area contributed by atoms with Crippen LogP contribution in [0.2, 0.25) is 0 Å². The van der Waals surface area contributed by atoms with Crippen molar-refractivity contribution >= 4 is 21.8 Å². The van der Waals surface area contributed by atoms with Crippen LogP contribution < -0.4 is 14.8 Å². The van der Waals surface area contributed by atoms with Crippen molar-refractivity contribution in [3.63, 3.8) is 0 Å². The molecule has 28 heavy (non-hydrogen) atoms. The molecule has 146 valence electrons. The zero-order valence-electron chi connectivity index (χ0n) is 15.3. The first kappa shape index (κ1) is 19.4. The first-order chi connectivity index (χ1) is 13.3. The number of nitrogens with one attached hydrogen (secondary N) is 1. The molecule has 0 saturated heterocycles. The number of amides is 1. The highest BCUT2D eigenvalue weighted by Crippen LogP contribution is 2.24. The van der Waals surface area contributed by atoms with Crippen LogP contribution in [-0.4, -0.2) is 45.0 Å². The molecular formula is C18H17N3O6S. The Labute approximate surface area is 161 Å². The van der Waals surface area contributed by atoms with Crippen LogP contribution in [0.3, 0.4) is 0 Å². The normalized spacial score (nSPS) is 11.1. The highest BCUT2D eigenvalue weighted by atomic mass is 32.2. The minimum Gasteiger partial charge on any atom is -0.497 e. The average Bonchev–Trinajstić information content (AvgIpc) is 3.15. The van der Waals surface area contributed by atoms with E-state index >= 15 is 0 Å². The van der Waals surface area contributed by atoms with E-state index in [1.165, 1.54) is 26.4 Å². The van der Waals surface area contributed by atoms with Crippen LogP contribution in [0.5, 0.6) is 11.5 Å². The van der Waals surface area contributed by atoms with E-state index < -0.39 is 15.7 Å². The summed E-state index contributed by atoms with van der Waals surface area (Å²) in [5, 5.41) is 10.1. The van der Waals surface area contributed by atoms with Gasteiger partial charge in [0.05, 0.1) is 19.1 Å². The third-order valence-electron chi connectivity index (χ3n) is 3.79. The van der Waals surface area contributed by atoms with Gasteiger partial charge in [-0.2, -0.15) is 0 Å². The first-order valence-corrected chi connectivity index (χ1v) is 9.87. The maximum atomic E-state index is 12.4. The summed E-state index contributed by atoms with van der Waals surface area (Å²) < 4.78 is 38.7. The second kappa shape index (κ2) is 7.69. The number of hydrogen-bond acceptors (Lipinski definition) is 8. The number of ether oxygens (including phenoxy) is 2. The Bertz CT molecular complexity index is 1080. The van der Waals surface area contributed by atoms with Crippen LogP contribution in [0.4, 0.5) is 6.01 Å². The van der Waals surface area contributed by atoms with E-state index in [0.29, 0.717) is 17.1 Å². The molecule has 10 heteroatoms. The maximum Gasteiger partial charge on any atom is 0.322 e. The van der Waals surface area contributed by atoms with Gasteiger partial charge in [-0.3, -0.25) is 10.1 Å². The number of sulfone groups is 1. The summed E-state index contributed by atoms with van der Waals surface area (Å²) in [5.74, 6) is 0.571. The van der Waals surface area contributed by atoms with Gasteiger partial charge in [0.15, 0.2) is 9.84 Å². The van der Waals surface area contributed by atoms with Gasteiger partial charge in [0, 0.05) is 23.4 Å². The van der Waals surface area contributed by atoms with Crippen LogP contribution in [0.15, 0.2) is 51.8 Å². The Morgan fingerprint density at radius 1 is 1.00 bits per heavy atom. The molecule has 3 aromatic rings. The van der Waals surface area contributed by atoms with Crippen LogP contribution >= 0.6 is 0 Å². The molecule has 1 heterocycles. The smallest absolute Gasteiger partial charge is 0.322 e. The molecule has 0 atom stereocenters. The maximum absolute atomic E-state index is 12.4. The Balaban J connectivity index is 1.78. The highest BCUT2D eigenvalue weighted by Gasteiger charge is 2.15. The molecule has 1 aromatic heterocycles. The van der Waals surface area contributed by atoms with Crippen molar-refractivity contribution in [2.24, 2.45) is 0 Å². The largest absolute Gasteiger partial charge is 0.497 e. The van der Waals surface area contributed by atoms with Crippen molar-refractivity contribution in [3.8, 4) is 23.0 Å². The Morgan fingerprint density at radius 3 is 2.14 bits per heavy atom. The number of hydrogen-bond donors (Lipinski definition) is 1. The van der Waals surface area contributed by atoms with Gasteiger partial charge < -0.3 is 13.9 Å². The summed E-state index contributed by atoms with van der Waals surface area (Å²) in [6.45, 7) is 0. The quantitative estimate of drug-likeness (QED) is 0.666. The van der Waals surface area contributed by atoms with Gasteiger partial charge in [-0.05, 0) is 36.4 Å². The Hall–Kier alpha value is -3.40. The summed E-state index contributed by atoms with van der Waals surface area (Å²) in [6.07, 6.45) is 1.12. The molecule has 1 N–H and O–H groups in total. The van der Waals surface area contributed by atoms with Gasteiger partial charge in [-0.25, -0.2) is 8.42 Å². The Morgan fingerprint density at radius 2 is 1.61 bits per heavy atom. The van der Waals surface area contributed by atoms with Gasteiger partial charge in [-0.15, -0.1) is 5.10 Å². The second-order valence-electron chi connectivity index (χ2n) is 5.76. The summed E-state index contributed by atoms with van der Waals surface area (Å²) in [7, 11) is -0.335. The minimum absolute atomic E-state index is 0.103. The van der Waals surface area contributed by atoms with Crippen LogP contribution in [0.1, 0.15) is 10.4 Å². The number of rotatable bonds is 6. The van der Waals surface area contributed by atoms with Crippen molar-refractivity contribution in [1.29, 1.82) is 0 Å². The number of methoxy groups -OCH3 is 2. The van der Waals surface area contributed by atoms with Crippen molar-refractivity contribution in [2.45, 2.75) is 4.90 Å². The van der Waals surface area contributed by atoms with Gasteiger partial charge >= 0.3 is 6.01 Å². The fraction of sp³-hybridized carbons (Fsp3) is 0.167. The monoisotopic (exact) mass is 403 g/mol. The lowest BCUT2D eigenvalue weighted by Gasteiger charge is -2.07. The van der Waals surface area contributed by atoms with E-state index in [0.717, 1.165) is 6.26 Å². The SMILES string of the molecule is COc1cc(OC)cc(C(=O)Nc2nnc(-c3ccc(S(C)(=O)=O)cc3)o2)c1. The van der Waals surface area contributed by atoms with Crippen LogP contribution in [0, 0.1) is 0 Å². The summed E-state index contributed by atoms with van der Waals surface area (Å²) in [5.41, 5.74) is 0.803. The first-order valence-electron chi connectivity index (χ1n) is 7.98. The Kier molecular flexibility index (Phi) is 5.32. The fourth-order valence-electron chi connectivity index (χ4n) is 2.34. The topological polar surface area (TPSA) is 121 Å². The van der Waals surface area contributed by atoms with Crippen LogP contribution in [-0.2, 0) is 9.84 Å². The second-order valence-corrected chi connectivity index (χ2v) is 7.78. The molecule has 9 nitrogen and oxygen atoms in total. The molecule has 0 unspecified atom stereocenters. The minimum atomic E-state index is -3.30. The number of anilines is 1. The van der Waals surface area contributed by atoms with E-state index in [1.807, 2.05) is 0 Å². The molecule has 3 rings (SSSR count). The third kappa shape index (κ3) is 4.29. The van der Waals surface area contributed by atoms with Crippen molar-refractivity contribution in [3.05, 3.63) is 48.0 Å². The highest BCUT2D eigenvalue weighted by molar-refractivity contribution is 7.90. The van der Waals surface area contributed by atoms with E-state index in [1.54, 1.807) is 30.3 Å². The lowest BCUT2D eigenvalue weighted by atomic mass is 10.2. The molecule has 0 fully saturated rings. The molecule has 0 radical (unpaired) electrons. The third-order valence-corrected chi connectivity index (χ3v) is 4.92. The zero-order chi connectivity index (χ0) is 20.3. The lowest BCUT2D eigenvalue weighted by molar-refractivity contribution is 0.102. The number of carbonyl (C=O) groups excluding carboxylic acids is 1. The van der Waals surface area contributed by atoms with Gasteiger partial charge in [-0.1, -0.05) is 5.10 Å². The number of carbonyl (C=O) groups is 1. The molecular weight excluding hydrogens is 386 g/mol. The number of aromatic nitrogens is 2. The number of benzene rings is 2. The zero-order valence-corrected chi connectivity index (χ0v) is 16.1. The molecule has 1 amide bonds. The molecule has 0 saturated carbocycles. The van der Waals surface area contributed by atoms with Gasteiger partial charge in [0.25, 0.3) is 5.91 Å². The molecule has 0 bridgehead atoms. The summed E-state index contributed by atoms with van der Waals surface area (Å²) >= 11 is 0. The molecule has 0 aliphatic rings. The standard InChI is InChI=1S/C18H17N3O6S/c1-25-13-8-12(9-14(10-13)26-2)16(22)19-18-21-20-17(27-18)11-4-6-15(7-5-11)28(3,23)24/h4-10H,1-3H3,(H,19,21,22). The van der Waals surface area contributed by atoms with Gasteiger partial charge in [0.1, 0.15) is 11.5 Å². The average molecular weight is 403 g/mol. The van der Waals surface area contributed by atoms with Crippen molar-refractivity contribution < 1.29 is 27.1 Å². The van der Waals surface area contributed by atoms with Crippen molar-refractivity contribution in [1.82, 2.24) is 10.2 Å². The molecule has 0 aliphatic heterocycles. The molecule has 2 aromatic carbocycles. The predicted molar refractivity (Wildman–Crippen MR) is 100 cm³/mol. The fourth-order valence-corrected chi connectivity index (χ4v) is 2.97. The summed E-state index contributed by atoms with van der Waals surface area (Å²) in [4.78, 5) is 12.6.